The second-order valence-electron chi connectivity index (χ2n) is 5.84. The summed E-state index contributed by atoms with van der Waals surface area (Å²) in [4.78, 5) is 14.5. The second-order valence-corrected chi connectivity index (χ2v) is 5.84. The van der Waals surface area contributed by atoms with E-state index >= 15 is 0 Å². The Morgan fingerprint density at radius 1 is 1.00 bits per heavy atom. The molecule has 0 bridgehead atoms. The number of nitrogens with zero attached hydrogens (tertiary/aromatic N) is 1. The Hall–Kier alpha value is -2.29. The van der Waals surface area contributed by atoms with Crippen LogP contribution >= 0.6 is 0 Å². The zero-order chi connectivity index (χ0) is 15.9. The highest BCUT2D eigenvalue weighted by Gasteiger charge is 2.17. The number of hydrogen-bond acceptors (Lipinski definition) is 2. The molecule has 0 fully saturated rings. The number of anilines is 1. The van der Waals surface area contributed by atoms with Gasteiger partial charge in [0.15, 0.2) is 0 Å². The van der Waals surface area contributed by atoms with Crippen LogP contribution in [0.4, 0.5) is 5.69 Å². The topological polar surface area (TPSA) is 46.3 Å². The molecule has 0 saturated carbocycles. The minimum Gasteiger partial charge on any atom is -0.399 e. The van der Waals surface area contributed by atoms with Crippen molar-refractivity contribution in [3.8, 4) is 0 Å². The van der Waals surface area contributed by atoms with E-state index in [1.807, 2.05) is 47.4 Å². The van der Waals surface area contributed by atoms with Crippen LogP contribution in [-0.4, -0.2) is 16.8 Å². The summed E-state index contributed by atoms with van der Waals surface area (Å²) in [7, 11) is 0. The van der Waals surface area contributed by atoms with E-state index in [9.17, 15) is 4.79 Å². The zero-order valence-electron chi connectivity index (χ0n) is 13.3. The first-order valence-electron chi connectivity index (χ1n) is 7.74. The molecule has 0 aliphatic heterocycles. The summed E-state index contributed by atoms with van der Waals surface area (Å²) >= 11 is 0. The van der Waals surface area contributed by atoms with Gasteiger partial charge in [0.05, 0.1) is 0 Å². The van der Waals surface area contributed by atoms with E-state index in [2.05, 4.69) is 26.0 Å². The minimum absolute atomic E-state index is 0.190. The molecule has 0 aliphatic carbocycles. The molecule has 22 heavy (non-hydrogen) atoms. The first-order chi connectivity index (χ1) is 10.6. The first kappa shape index (κ1) is 16.1. The molecule has 2 aromatic rings. The van der Waals surface area contributed by atoms with Crippen LogP contribution in [-0.2, 0) is 17.8 Å². The second kappa shape index (κ2) is 7.64. The number of carbonyl (C=O) groups excluding carboxylic acids is 1. The van der Waals surface area contributed by atoms with Crippen molar-refractivity contribution < 1.29 is 4.79 Å². The fourth-order valence-electron chi connectivity index (χ4n) is 2.42. The van der Waals surface area contributed by atoms with E-state index in [0.29, 0.717) is 13.0 Å². The van der Waals surface area contributed by atoms with Gasteiger partial charge in [-0.2, -0.15) is 0 Å². The highest BCUT2D eigenvalue weighted by atomic mass is 16.2. The van der Waals surface area contributed by atoms with Crippen LogP contribution in [0.5, 0.6) is 0 Å². The molecular formula is C19H24N2O. The summed E-state index contributed by atoms with van der Waals surface area (Å²) in [5.74, 6) is 0.190. The van der Waals surface area contributed by atoms with E-state index in [1.165, 1.54) is 0 Å². The van der Waals surface area contributed by atoms with Gasteiger partial charge < -0.3 is 10.6 Å². The van der Waals surface area contributed by atoms with Crippen LogP contribution in [0.2, 0.25) is 0 Å². The average molecular weight is 296 g/mol. The van der Waals surface area contributed by atoms with Gasteiger partial charge in [-0.05, 0) is 43.5 Å². The fourth-order valence-corrected chi connectivity index (χ4v) is 2.42. The van der Waals surface area contributed by atoms with Gasteiger partial charge in [0, 0.05) is 24.7 Å². The van der Waals surface area contributed by atoms with Crippen LogP contribution in [0.1, 0.15) is 31.4 Å². The van der Waals surface area contributed by atoms with Gasteiger partial charge in [-0.25, -0.2) is 0 Å². The first-order valence-corrected chi connectivity index (χ1v) is 7.74. The van der Waals surface area contributed by atoms with Crippen molar-refractivity contribution in [2.24, 2.45) is 0 Å². The lowest BCUT2D eigenvalue weighted by molar-refractivity contribution is -0.133. The number of carbonyl (C=O) groups is 1. The SMILES string of the molecule is CC(C)N(Cc1ccccc1)C(=O)CCc1ccc(N)cc1. The Bertz CT molecular complexity index is 591. The van der Waals surface area contributed by atoms with Gasteiger partial charge in [-0.3, -0.25) is 4.79 Å². The molecule has 0 unspecified atom stereocenters. The smallest absolute Gasteiger partial charge is 0.223 e. The van der Waals surface area contributed by atoms with Crippen molar-refractivity contribution in [1.82, 2.24) is 4.90 Å². The predicted octanol–water partition coefficient (Wildman–Crippen LogP) is 3.64. The molecule has 2 rings (SSSR count). The Morgan fingerprint density at radius 2 is 1.64 bits per heavy atom. The summed E-state index contributed by atoms with van der Waals surface area (Å²) in [6.45, 7) is 4.78. The molecule has 0 atom stereocenters. The van der Waals surface area contributed by atoms with Crippen LogP contribution in [0, 0.1) is 0 Å². The maximum absolute atomic E-state index is 12.5. The normalized spacial score (nSPS) is 10.7. The Morgan fingerprint density at radius 3 is 2.23 bits per heavy atom. The van der Waals surface area contributed by atoms with Gasteiger partial charge in [-0.15, -0.1) is 0 Å². The lowest BCUT2D eigenvalue weighted by atomic mass is 10.1. The molecule has 2 aromatic carbocycles. The molecule has 0 spiro atoms. The number of hydrogen-bond donors (Lipinski definition) is 1. The molecule has 0 saturated heterocycles. The van der Waals surface area contributed by atoms with Gasteiger partial charge in [0.25, 0.3) is 0 Å². The predicted molar refractivity (Wildman–Crippen MR) is 91.3 cm³/mol. The molecule has 2 N–H and O–H groups in total. The van der Waals surface area contributed by atoms with E-state index in [-0.39, 0.29) is 11.9 Å². The van der Waals surface area contributed by atoms with Gasteiger partial charge >= 0.3 is 0 Å². The number of amides is 1. The summed E-state index contributed by atoms with van der Waals surface area (Å²) < 4.78 is 0. The third-order valence-corrected chi connectivity index (χ3v) is 3.75. The average Bonchev–Trinajstić information content (AvgIpc) is 2.52. The quantitative estimate of drug-likeness (QED) is 0.827. The standard InChI is InChI=1S/C19H24N2O/c1-15(2)21(14-17-6-4-3-5-7-17)19(22)13-10-16-8-11-18(20)12-9-16/h3-9,11-12,15H,10,13-14,20H2,1-2H3. The monoisotopic (exact) mass is 296 g/mol. The number of nitrogens with two attached hydrogens (primary N) is 1. The highest BCUT2D eigenvalue weighted by Crippen LogP contribution is 2.13. The van der Waals surface area contributed by atoms with Crippen molar-refractivity contribution in [2.45, 2.75) is 39.3 Å². The largest absolute Gasteiger partial charge is 0.399 e. The Labute approximate surface area is 132 Å². The maximum Gasteiger partial charge on any atom is 0.223 e. The zero-order valence-corrected chi connectivity index (χ0v) is 13.3. The fraction of sp³-hybridized carbons (Fsp3) is 0.316. The molecular weight excluding hydrogens is 272 g/mol. The molecule has 3 nitrogen and oxygen atoms in total. The summed E-state index contributed by atoms with van der Waals surface area (Å²) in [6, 6.07) is 18.0. The van der Waals surface area contributed by atoms with E-state index < -0.39 is 0 Å². The molecule has 0 heterocycles. The molecule has 116 valence electrons. The maximum atomic E-state index is 12.5. The molecule has 3 heteroatoms. The Kier molecular flexibility index (Phi) is 5.59. The van der Waals surface area contributed by atoms with E-state index in [0.717, 1.165) is 23.2 Å². The molecule has 1 amide bonds. The summed E-state index contributed by atoms with van der Waals surface area (Å²) in [5, 5.41) is 0. The molecule has 0 aliphatic rings. The number of nitrogen functional groups attached to an aromatic ring is 1. The van der Waals surface area contributed by atoms with E-state index in [1.54, 1.807) is 0 Å². The number of rotatable bonds is 6. The van der Waals surface area contributed by atoms with Crippen molar-refractivity contribution in [2.75, 3.05) is 5.73 Å². The van der Waals surface area contributed by atoms with Crippen LogP contribution < -0.4 is 5.73 Å². The van der Waals surface area contributed by atoms with Gasteiger partial charge in [-0.1, -0.05) is 42.5 Å². The lowest BCUT2D eigenvalue weighted by Crippen LogP contribution is -2.36. The van der Waals surface area contributed by atoms with Crippen molar-refractivity contribution in [1.29, 1.82) is 0 Å². The summed E-state index contributed by atoms with van der Waals surface area (Å²) in [5.41, 5.74) is 8.74. The van der Waals surface area contributed by atoms with Crippen molar-refractivity contribution in [3.63, 3.8) is 0 Å². The third-order valence-electron chi connectivity index (χ3n) is 3.75. The summed E-state index contributed by atoms with van der Waals surface area (Å²) in [6.07, 6.45) is 1.27. The van der Waals surface area contributed by atoms with Crippen molar-refractivity contribution >= 4 is 11.6 Å². The van der Waals surface area contributed by atoms with E-state index in [4.69, 9.17) is 5.73 Å². The highest BCUT2D eigenvalue weighted by molar-refractivity contribution is 5.76. The van der Waals surface area contributed by atoms with Crippen LogP contribution in [0.15, 0.2) is 54.6 Å². The van der Waals surface area contributed by atoms with Crippen LogP contribution in [0.25, 0.3) is 0 Å². The Balaban J connectivity index is 1.96. The van der Waals surface area contributed by atoms with Gasteiger partial charge in [0.2, 0.25) is 5.91 Å². The minimum atomic E-state index is 0.190. The molecule has 0 aromatic heterocycles. The molecule has 0 radical (unpaired) electrons. The van der Waals surface area contributed by atoms with Crippen LogP contribution in [0.3, 0.4) is 0 Å². The number of benzene rings is 2. The lowest BCUT2D eigenvalue weighted by Gasteiger charge is -2.27. The third kappa shape index (κ3) is 4.62. The number of aryl methyl sites for hydroxylation is 1. The van der Waals surface area contributed by atoms with Gasteiger partial charge in [0.1, 0.15) is 0 Å². The van der Waals surface area contributed by atoms with Crippen molar-refractivity contribution in [3.05, 3.63) is 65.7 Å².